The van der Waals surface area contributed by atoms with Crippen molar-refractivity contribution in [3.63, 3.8) is 0 Å². The first-order chi connectivity index (χ1) is 12.2. The SMILES string of the molecule is CC(C)/C=C/C1=C(Sc2ccccc2)C(=C/C(C)C)/CC(C(C)(C)C)C1. The van der Waals surface area contributed by atoms with E-state index in [1.54, 1.807) is 5.57 Å². The highest BCUT2D eigenvalue weighted by Gasteiger charge is 2.32. The minimum absolute atomic E-state index is 0.329. The first-order valence-corrected chi connectivity index (χ1v) is 10.8. The van der Waals surface area contributed by atoms with Gasteiger partial charge in [0.25, 0.3) is 0 Å². The van der Waals surface area contributed by atoms with Crippen LogP contribution in [0.3, 0.4) is 0 Å². The van der Waals surface area contributed by atoms with Crippen molar-refractivity contribution in [2.24, 2.45) is 23.2 Å². The lowest BCUT2D eigenvalue weighted by Crippen LogP contribution is -2.25. The van der Waals surface area contributed by atoms with Crippen molar-refractivity contribution in [3.8, 4) is 0 Å². The summed E-state index contributed by atoms with van der Waals surface area (Å²) in [5.41, 5.74) is 3.39. The maximum Gasteiger partial charge on any atom is 0.0183 e. The Bertz CT molecular complexity index is 666. The zero-order valence-electron chi connectivity index (χ0n) is 17.7. The predicted octanol–water partition coefficient (Wildman–Crippen LogP) is 8.28. The zero-order chi connectivity index (χ0) is 19.3. The van der Waals surface area contributed by atoms with Crippen molar-refractivity contribution in [1.82, 2.24) is 0 Å². The molecule has 1 aromatic rings. The van der Waals surface area contributed by atoms with Gasteiger partial charge in [-0.15, -0.1) is 0 Å². The van der Waals surface area contributed by atoms with Gasteiger partial charge < -0.3 is 0 Å². The fraction of sp³-hybridized carbons (Fsp3) is 0.520. The molecule has 0 bridgehead atoms. The Morgan fingerprint density at radius 3 is 2.15 bits per heavy atom. The summed E-state index contributed by atoms with van der Waals surface area (Å²) in [5, 5.41) is 0. The van der Waals surface area contributed by atoms with Gasteiger partial charge in [0, 0.05) is 9.80 Å². The smallest absolute Gasteiger partial charge is 0.0183 e. The normalized spacial score (nSPS) is 20.8. The molecule has 0 amide bonds. The molecule has 2 rings (SSSR count). The maximum atomic E-state index is 2.49. The molecule has 0 nitrogen and oxygen atoms in total. The number of allylic oxidation sites excluding steroid dienone is 5. The molecule has 0 N–H and O–H groups in total. The molecule has 26 heavy (non-hydrogen) atoms. The minimum Gasteiger partial charge on any atom is -0.0895 e. The van der Waals surface area contributed by atoms with Crippen LogP contribution < -0.4 is 0 Å². The third-order valence-corrected chi connectivity index (χ3v) is 6.16. The van der Waals surface area contributed by atoms with E-state index < -0.39 is 0 Å². The van der Waals surface area contributed by atoms with Crippen molar-refractivity contribution >= 4 is 11.8 Å². The average Bonchev–Trinajstić information content (AvgIpc) is 2.54. The molecule has 0 radical (unpaired) electrons. The highest BCUT2D eigenvalue weighted by molar-refractivity contribution is 8.03. The third-order valence-electron chi connectivity index (χ3n) is 4.92. The molecule has 0 heterocycles. The molecule has 0 fully saturated rings. The number of thioether (sulfide) groups is 1. The molecule has 1 aromatic carbocycles. The van der Waals surface area contributed by atoms with Crippen molar-refractivity contribution < 1.29 is 0 Å². The lowest BCUT2D eigenvalue weighted by molar-refractivity contribution is 0.233. The molecular formula is C25H36S. The van der Waals surface area contributed by atoms with E-state index in [2.05, 4.69) is 97.0 Å². The third kappa shape index (κ3) is 6.20. The molecule has 0 aromatic heterocycles. The van der Waals surface area contributed by atoms with Crippen LogP contribution in [-0.4, -0.2) is 0 Å². The second-order valence-electron chi connectivity index (χ2n) is 9.28. The van der Waals surface area contributed by atoms with Crippen LogP contribution in [0.2, 0.25) is 0 Å². The summed E-state index contributed by atoms with van der Waals surface area (Å²) in [7, 11) is 0. The summed E-state index contributed by atoms with van der Waals surface area (Å²) in [6.45, 7) is 16.3. The van der Waals surface area contributed by atoms with E-state index in [0.717, 1.165) is 0 Å². The largest absolute Gasteiger partial charge is 0.0895 e. The van der Waals surface area contributed by atoms with Gasteiger partial charge in [0.1, 0.15) is 0 Å². The number of hydrogen-bond acceptors (Lipinski definition) is 1. The van der Waals surface area contributed by atoms with Crippen molar-refractivity contribution in [2.75, 3.05) is 0 Å². The van der Waals surface area contributed by atoms with Gasteiger partial charge in [0.05, 0.1) is 0 Å². The molecular weight excluding hydrogens is 332 g/mol. The summed E-state index contributed by atoms with van der Waals surface area (Å²) in [5.74, 6) is 1.85. The van der Waals surface area contributed by atoms with Crippen molar-refractivity contribution in [3.05, 3.63) is 64.6 Å². The lowest BCUT2D eigenvalue weighted by Gasteiger charge is -2.37. The van der Waals surface area contributed by atoms with Gasteiger partial charge in [-0.3, -0.25) is 0 Å². The van der Waals surface area contributed by atoms with Gasteiger partial charge in [0.2, 0.25) is 0 Å². The maximum absolute atomic E-state index is 2.49. The molecule has 1 unspecified atom stereocenters. The van der Waals surface area contributed by atoms with E-state index in [-0.39, 0.29) is 0 Å². The van der Waals surface area contributed by atoms with E-state index >= 15 is 0 Å². The molecule has 1 atom stereocenters. The van der Waals surface area contributed by atoms with E-state index in [1.165, 1.54) is 28.2 Å². The Hall–Kier alpha value is -1.21. The van der Waals surface area contributed by atoms with Crippen molar-refractivity contribution in [1.29, 1.82) is 0 Å². The van der Waals surface area contributed by atoms with Gasteiger partial charge in [-0.1, -0.05) is 96.7 Å². The van der Waals surface area contributed by atoms with Gasteiger partial charge in [0.15, 0.2) is 0 Å². The van der Waals surface area contributed by atoms with Crippen LogP contribution in [0.1, 0.15) is 61.3 Å². The first kappa shape index (κ1) is 21.1. The first-order valence-electron chi connectivity index (χ1n) is 10.0. The Kier molecular flexibility index (Phi) is 7.41. The Morgan fingerprint density at radius 1 is 0.962 bits per heavy atom. The lowest BCUT2D eigenvalue weighted by atomic mass is 9.70. The summed E-state index contributed by atoms with van der Waals surface area (Å²) in [6, 6.07) is 10.8. The van der Waals surface area contributed by atoms with E-state index in [9.17, 15) is 0 Å². The van der Waals surface area contributed by atoms with Gasteiger partial charge in [-0.25, -0.2) is 0 Å². The van der Waals surface area contributed by atoms with Crippen LogP contribution >= 0.6 is 11.8 Å². The number of hydrogen-bond donors (Lipinski definition) is 0. The fourth-order valence-electron chi connectivity index (χ4n) is 3.34. The van der Waals surface area contributed by atoms with Crippen LogP contribution in [-0.2, 0) is 0 Å². The van der Waals surface area contributed by atoms with E-state index in [4.69, 9.17) is 0 Å². The van der Waals surface area contributed by atoms with Crippen LogP contribution in [0.4, 0.5) is 0 Å². The van der Waals surface area contributed by atoms with Crippen LogP contribution in [0.5, 0.6) is 0 Å². The summed E-state index contributed by atoms with van der Waals surface area (Å²) in [4.78, 5) is 2.82. The molecule has 0 saturated carbocycles. The Morgan fingerprint density at radius 2 is 1.62 bits per heavy atom. The summed E-state index contributed by atoms with van der Waals surface area (Å²) in [6.07, 6.45) is 9.63. The molecule has 1 aliphatic rings. The van der Waals surface area contributed by atoms with E-state index in [1.807, 2.05) is 11.8 Å². The highest BCUT2D eigenvalue weighted by Crippen LogP contribution is 2.48. The number of rotatable bonds is 5. The second-order valence-corrected chi connectivity index (χ2v) is 10.4. The summed E-state index contributed by atoms with van der Waals surface area (Å²) >= 11 is 1.95. The molecule has 1 heteroatoms. The van der Waals surface area contributed by atoms with Crippen LogP contribution in [0.15, 0.2) is 69.5 Å². The van der Waals surface area contributed by atoms with Gasteiger partial charge in [-0.05, 0) is 59.3 Å². The van der Waals surface area contributed by atoms with Gasteiger partial charge in [-0.2, -0.15) is 0 Å². The molecule has 0 saturated heterocycles. The average molecular weight is 369 g/mol. The molecule has 0 spiro atoms. The molecule has 142 valence electrons. The van der Waals surface area contributed by atoms with Crippen molar-refractivity contribution in [2.45, 2.75) is 66.2 Å². The standard InChI is InChI=1S/C25H36S/c1-18(2)13-14-20-16-22(25(5,6)7)17-21(15-19(3)4)24(20)26-23-11-9-8-10-12-23/h8-15,18-19,22H,16-17H2,1-7H3/b14-13+,21-15+. The summed E-state index contributed by atoms with van der Waals surface area (Å²) < 4.78 is 0. The fourth-order valence-corrected chi connectivity index (χ4v) is 4.44. The van der Waals surface area contributed by atoms with Crippen LogP contribution in [0.25, 0.3) is 0 Å². The highest BCUT2D eigenvalue weighted by atomic mass is 32.2. The predicted molar refractivity (Wildman–Crippen MR) is 118 cm³/mol. The topological polar surface area (TPSA) is 0 Å². The second kappa shape index (κ2) is 9.13. The minimum atomic E-state index is 0.329. The Balaban J connectivity index is 2.52. The number of benzene rings is 1. The molecule has 1 aliphatic carbocycles. The monoisotopic (exact) mass is 368 g/mol. The Labute approximate surface area is 165 Å². The van der Waals surface area contributed by atoms with Crippen LogP contribution in [0, 0.1) is 23.2 Å². The van der Waals surface area contributed by atoms with Gasteiger partial charge >= 0.3 is 0 Å². The molecule has 0 aliphatic heterocycles. The quantitative estimate of drug-likeness (QED) is 0.504. The van der Waals surface area contributed by atoms with E-state index in [0.29, 0.717) is 23.2 Å². The zero-order valence-corrected chi connectivity index (χ0v) is 18.5.